The van der Waals surface area contributed by atoms with E-state index < -0.39 is 0 Å². The van der Waals surface area contributed by atoms with Crippen LogP contribution in [0, 0.1) is 16.7 Å². The summed E-state index contributed by atoms with van der Waals surface area (Å²) in [6.07, 6.45) is 9.49. The van der Waals surface area contributed by atoms with E-state index in [2.05, 4.69) is 21.9 Å². The lowest BCUT2D eigenvalue weighted by Crippen LogP contribution is -2.54. The van der Waals surface area contributed by atoms with Gasteiger partial charge < -0.3 is 4.90 Å². The molecule has 26 heavy (non-hydrogen) atoms. The average Bonchev–Trinajstić information content (AvgIpc) is 3.08. The Kier molecular flexibility index (Phi) is 5.00. The van der Waals surface area contributed by atoms with Gasteiger partial charge in [-0.1, -0.05) is 31.4 Å². The van der Waals surface area contributed by atoms with Crippen LogP contribution in [0.15, 0.2) is 24.3 Å². The summed E-state index contributed by atoms with van der Waals surface area (Å²) in [7, 11) is 0. The van der Waals surface area contributed by atoms with E-state index in [1.165, 1.54) is 37.7 Å². The maximum absolute atomic E-state index is 13.4. The summed E-state index contributed by atoms with van der Waals surface area (Å²) < 4.78 is 0. The van der Waals surface area contributed by atoms with Gasteiger partial charge in [-0.25, -0.2) is 0 Å². The van der Waals surface area contributed by atoms with Crippen molar-refractivity contribution in [3.05, 3.63) is 35.4 Å². The topological polar surface area (TPSA) is 47.3 Å². The number of rotatable bonds is 3. The number of carbonyl (C=O) groups excluding carboxylic acids is 1. The zero-order chi connectivity index (χ0) is 18.0. The first-order valence-electron chi connectivity index (χ1n) is 10.2. The van der Waals surface area contributed by atoms with E-state index >= 15 is 0 Å². The molecule has 0 radical (unpaired) electrons. The largest absolute Gasteiger partial charge is 0.339 e. The van der Waals surface area contributed by atoms with E-state index in [0.29, 0.717) is 17.5 Å². The lowest BCUT2D eigenvalue weighted by molar-refractivity contribution is -0.149. The predicted octanol–water partition coefficient (Wildman–Crippen LogP) is 3.71. The van der Waals surface area contributed by atoms with Crippen molar-refractivity contribution in [1.29, 1.82) is 5.26 Å². The van der Waals surface area contributed by atoms with Crippen LogP contribution in [0.3, 0.4) is 0 Å². The Morgan fingerprint density at radius 2 is 1.96 bits per heavy atom. The van der Waals surface area contributed by atoms with Crippen LogP contribution >= 0.6 is 0 Å². The summed E-state index contributed by atoms with van der Waals surface area (Å²) in [5.41, 5.74) is 1.74. The third kappa shape index (κ3) is 3.38. The molecule has 1 aromatic carbocycles. The fourth-order valence-corrected chi connectivity index (χ4v) is 5.31. The quantitative estimate of drug-likeness (QED) is 0.834. The third-order valence-electron chi connectivity index (χ3n) is 6.68. The van der Waals surface area contributed by atoms with Crippen LogP contribution in [-0.4, -0.2) is 41.4 Å². The Hall–Kier alpha value is -1.86. The first-order chi connectivity index (χ1) is 12.7. The molecular formula is C22H29N3O. The molecular weight excluding hydrogens is 322 g/mol. The Morgan fingerprint density at radius 3 is 2.77 bits per heavy atom. The number of hydrogen-bond donors (Lipinski definition) is 0. The highest BCUT2D eigenvalue weighted by atomic mass is 16.2. The highest BCUT2D eigenvalue weighted by molar-refractivity contribution is 5.84. The average molecular weight is 351 g/mol. The maximum atomic E-state index is 13.4. The van der Waals surface area contributed by atoms with Crippen LogP contribution in [0.25, 0.3) is 0 Å². The lowest BCUT2D eigenvalue weighted by Gasteiger charge is -2.44. The van der Waals surface area contributed by atoms with E-state index in [9.17, 15) is 4.79 Å². The molecule has 0 aromatic heterocycles. The van der Waals surface area contributed by atoms with E-state index in [1.807, 2.05) is 18.2 Å². The summed E-state index contributed by atoms with van der Waals surface area (Å²) in [6.45, 7) is 3.68. The molecule has 1 atom stereocenters. The van der Waals surface area contributed by atoms with Crippen LogP contribution in [-0.2, 0) is 11.3 Å². The summed E-state index contributed by atoms with van der Waals surface area (Å²) in [4.78, 5) is 18.1. The fourth-order valence-electron chi connectivity index (χ4n) is 5.31. The molecule has 4 nitrogen and oxygen atoms in total. The molecule has 0 bridgehead atoms. The normalized spacial score (nSPS) is 27.8. The number of nitrogens with zero attached hydrogens (tertiary/aromatic N) is 3. The molecule has 2 heterocycles. The van der Waals surface area contributed by atoms with Crippen molar-refractivity contribution in [2.75, 3.05) is 19.6 Å². The second-order valence-corrected chi connectivity index (χ2v) is 8.45. The second kappa shape index (κ2) is 7.40. The van der Waals surface area contributed by atoms with Crippen LogP contribution < -0.4 is 0 Å². The first kappa shape index (κ1) is 17.5. The molecule has 3 fully saturated rings. The first-order valence-corrected chi connectivity index (χ1v) is 10.2. The number of piperidine rings is 1. The van der Waals surface area contributed by atoms with Crippen molar-refractivity contribution < 1.29 is 4.79 Å². The van der Waals surface area contributed by atoms with Gasteiger partial charge in [0.15, 0.2) is 0 Å². The molecule has 0 N–H and O–H groups in total. The van der Waals surface area contributed by atoms with Gasteiger partial charge in [0.25, 0.3) is 0 Å². The molecule has 4 heteroatoms. The number of benzene rings is 1. The Bertz CT molecular complexity index is 704. The van der Waals surface area contributed by atoms with Crippen LogP contribution in [0.2, 0.25) is 0 Å². The summed E-state index contributed by atoms with van der Waals surface area (Å²) >= 11 is 0. The highest BCUT2D eigenvalue weighted by Crippen LogP contribution is 2.42. The van der Waals surface area contributed by atoms with E-state index in [4.69, 9.17) is 5.26 Å². The molecule has 138 valence electrons. The number of amides is 1. The molecule has 2 aliphatic heterocycles. The van der Waals surface area contributed by atoms with Gasteiger partial charge in [-0.2, -0.15) is 5.26 Å². The minimum absolute atomic E-state index is 0.150. The number of carbonyl (C=O) groups is 1. The molecule has 4 rings (SSSR count). The smallest absolute Gasteiger partial charge is 0.230 e. The van der Waals surface area contributed by atoms with Crippen LogP contribution in [0.4, 0.5) is 0 Å². The number of nitriles is 1. The van der Waals surface area contributed by atoms with Gasteiger partial charge in [-0.15, -0.1) is 0 Å². The van der Waals surface area contributed by atoms with Crippen molar-refractivity contribution in [3.63, 3.8) is 0 Å². The zero-order valence-corrected chi connectivity index (χ0v) is 15.6. The number of hydrogen-bond acceptors (Lipinski definition) is 3. The van der Waals surface area contributed by atoms with Gasteiger partial charge in [-0.3, -0.25) is 9.69 Å². The Balaban J connectivity index is 1.44. The SMILES string of the molecule is N#Cc1cccc(CN2CCC3(CCCN(C4CCCCC4)C3=O)C2)c1. The van der Waals surface area contributed by atoms with Gasteiger partial charge in [-0.05, 0) is 56.3 Å². The summed E-state index contributed by atoms with van der Waals surface area (Å²) in [5.74, 6) is 0.434. The van der Waals surface area contributed by atoms with E-state index in [0.717, 1.165) is 45.4 Å². The predicted molar refractivity (Wildman–Crippen MR) is 101 cm³/mol. The number of likely N-dealkylation sites (tertiary alicyclic amines) is 2. The standard InChI is InChI=1S/C22H29N3O/c23-15-18-6-4-7-19(14-18)16-24-13-11-22(17-24)10-5-12-25(21(22)26)20-8-2-1-3-9-20/h4,6-7,14,20H,1-3,5,8-13,16-17H2. The Morgan fingerprint density at radius 1 is 1.12 bits per heavy atom. The van der Waals surface area contributed by atoms with Gasteiger partial charge in [0.1, 0.15) is 0 Å². The maximum Gasteiger partial charge on any atom is 0.230 e. The van der Waals surface area contributed by atoms with Gasteiger partial charge in [0.05, 0.1) is 17.0 Å². The minimum atomic E-state index is -0.150. The van der Waals surface area contributed by atoms with Gasteiger partial charge >= 0.3 is 0 Å². The summed E-state index contributed by atoms with van der Waals surface area (Å²) in [5, 5.41) is 9.10. The van der Waals surface area contributed by atoms with Crippen molar-refractivity contribution in [3.8, 4) is 6.07 Å². The Labute approximate surface area is 156 Å². The van der Waals surface area contributed by atoms with E-state index in [1.54, 1.807) is 0 Å². The van der Waals surface area contributed by atoms with E-state index in [-0.39, 0.29) is 5.41 Å². The van der Waals surface area contributed by atoms with Gasteiger partial charge in [0, 0.05) is 25.7 Å². The zero-order valence-electron chi connectivity index (χ0n) is 15.6. The minimum Gasteiger partial charge on any atom is -0.339 e. The lowest BCUT2D eigenvalue weighted by atomic mass is 9.77. The molecule has 2 saturated heterocycles. The molecule has 1 aliphatic carbocycles. The van der Waals surface area contributed by atoms with Crippen molar-refractivity contribution in [2.24, 2.45) is 5.41 Å². The van der Waals surface area contributed by atoms with Crippen LogP contribution in [0.1, 0.15) is 62.5 Å². The van der Waals surface area contributed by atoms with Gasteiger partial charge in [0.2, 0.25) is 5.91 Å². The van der Waals surface area contributed by atoms with Crippen molar-refractivity contribution in [1.82, 2.24) is 9.80 Å². The molecule has 1 unspecified atom stereocenters. The van der Waals surface area contributed by atoms with Crippen molar-refractivity contribution in [2.45, 2.75) is 64.0 Å². The third-order valence-corrected chi connectivity index (χ3v) is 6.68. The molecule has 3 aliphatic rings. The van der Waals surface area contributed by atoms with Crippen molar-refractivity contribution >= 4 is 5.91 Å². The monoisotopic (exact) mass is 351 g/mol. The molecule has 1 aromatic rings. The molecule has 1 amide bonds. The van der Waals surface area contributed by atoms with Crippen LogP contribution in [0.5, 0.6) is 0 Å². The second-order valence-electron chi connectivity index (χ2n) is 8.45. The molecule has 1 spiro atoms. The fraction of sp³-hybridized carbons (Fsp3) is 0.636. The highest BCUT2D eigenvalue weighted by Gasteiger charge is 2.49. The molecule has 1 saturated carbocycles. The summed E-state index contributed by atoms with van der Waals surface area (Å²) in [6, 6.07) is 10.6.